The van der Waals surface area contributed by atoms with Gasteiger partial charge in [-0.2, -0.15) is 10.5 Å². The molecule has 2 heterocycles. The summed E-state index contributed by atoms with van der Waals surface area (Å²) in [5.41, 5.74) is 1.35. The fourth-order valence-electron chi connectivity index (χ4n) is 3.86. The number of carbonyl (C=O) groups excluding carboxylic acids is 1. The monoisotopic (exact) mass is 423 g/mol. The van der Waals surface area contributed by atoms with Gasteiger partial charge in [-0.1, -0.05) is 17.4 Å². The van der Waals surface area contributed by atoms with Crippen LogP contribution in [0.25, 0.3) is 10.3 Å². The molecule has 2 unspecified atom stereocenters. The number of nitriles is 2. The van der Waals surface area contributed by atoms with Crippen LogP contribution in [0.2, 0.25) is 0 Å². The van der Waals surface area contributed by atoms with Gasteiger partial charge in [0.1, 0.15) is 22.5 Å². The number of nitrogens with zero attached hydrogens (tertiary/aromatic N) is 4. The maximum absolute atomic E-state index is 13.9. The van der Waals surface area contributed by atoms with E-state index in [1.807, 2.05) is 12.1 Å². The predicted octanol–water partition coefficient (Wildman–Crippen LogP) is 4.59. The molecular formula is C21H15F2N5OS. The number of thiazole rings is 1. The molecule has 1 N–H and O–H groups in total. The van der Waals surface area contributed by atoms with Crippen LogP contribution in [0.4, 0.5) is 13.9 Å². The number of nitrogens with one attached hydrogen (secondary N) is 1. The minimum atomic E-state index is -2.83. The molecule has 2 atom stereocenters. The lowest BCUT2D eigenvalue weighted by Crippen LogP contribution is -2.27. The average Bonchev–Trinajstić information content (AvgIpc) is 3.29. The van der Waals surface area contributed by atoms with E-state index in [1.54, 1.807) is 24.4 Å². The molecule has 0 radical (unpaired) electrons. The number of hydrogen-bond acceptors (Lipinski definition) is 6. The number of alkyl halides is 2. The van der Waals surface area contributed by atoms with Gasteiger partial charge in [-0.25, -0.2) is 18.7 Å². The van der Waals surface area contributed by atoms with Crippen molar-refractivity contribution in [2.45, 2.75) is 31.1 Å². The maximum atomic E-state index is 13.9. The summed E-state index contributed by atoms with van der Waals surface area (Å²) in [7, 11) is 0. The molecule has 1 saturated carbocycles. The summed E-state index contributed by atoms with van der Waals surface area (Å²) in [6.45, 7) is 0. The fourth-order valence-corrected chi connectivity index (χ4v) is 4.67. The van der Waals surface area contributed by atoms with Crippen LogP contribution < -0.4 is 5.32 Å². The van der Waals surface area contributed by atoms with Crippen LogP contribution in [0.3, 0.4) is 0 Å². The molecule has 6 nitrogen and oxygen atoms in total. The van der Waals surface area contributed by atoms with Crippen molar-refractivity contribution < 1.29 is 13.6 Å². The predicted molar refractivity (Wildman–Crippen MR) is 107 cm³/mol. The normalized spacial score (nSPS) is 18.5. The van der Waals surface area contributed by atoms with Crippen molar-refractivity contribution in [2.24, 2.45) is 5.92 Å². The Bertz CT molecular complexity index is 1180. The van der Waals surface area contributed by atoms with E-state index < -0.39 is 30.1 Å². The van der Waals surface area contributed by atoms with Gasteiger partial charge >= 0.3 is 0 Å². The lowest BCUT2D eigenvalue weighted by Gasteiger charge is -2.23. The number of pyridine rings is 1. The molecule has 0 bridgehead atoms. The highest BCUT2D eigenvalue weighted by molar-refractivity contribution is 7.21. The summed E-state index contributed by atoms with van der Waals surface area (Å²) < 4.78 is 27.8. The Morgan fingerprint density at radius 2 is 2.07 bits per heavy atom. The standard InChI is InChI=1S/C21H15F2N5OS/c22-21(23)6-5-13(9-21)17(12-3-4-14(10-24)15(8-12)11-25)18(29)28-20-27-16-2-1-7-26-19(16)30-20/h1-4,7-8,13,17H,5-6,9H2,(H,27,28,29). The van der Waals surface area contributed by atoms with Crippen LogP contribution in [-0.4, -0.2) is 21.8 Å². The van der Waals surface area contributed by atoms with Crippen molar-refractivity contribution in [1.29, 1.82) is 10.5 Å². The van der Waals surface area contributed by atoms with Gasteiger partial charge in [0.2, 0.25) is 11.8 Å². The SMILES string of the molecule is N#Cc1ccc(C(C(=O)Nc2nc3cccnc3s2)C2CCC(F)(F)C2)cc1C#N. The van der Waals surface area contributed by atoms with E-state index in [2.05, 4.69) is 15.3 Å². The smallest absolute Gasteiger partial charge is 0.248 e. The number of amides is 1. The third kappa shape index (κ3) is 3.85. The van der Waals surface area contributed by atoms with Gasteiger partial charge in [0.15, 0.2) is 5.13 Å². The highest BCUT2D eigenvalue weighted by atomic mass is 32.1. The second-order valence-corrected chi connectivity index (χ2v) is 8.18. The maximum Gasteiger partial charge on any atom is 0.248 e. The largest absolute Gasteiger partial charge is 0.301 e. The van der Waals surface area contributed by atoms with Crippen molar-refractivity contribution in [1.82, 2.24) is 9.97 Å². The van der Waals surface area contributed by atoms with Crippen molar-refractivity contribution in [3.63, 3.8) is 0 Å². The van der Waals surface area contributed by atoms with Gasteiger partial charge in [-0.15, -0.1) is 0 Å². The Balaban J connectivity index is 1.69. The highest BCUT2D eigenvalue weighted by Gasteiger charge is 2.45. The second kappa shape index (κ2) is 7.77. The second-order valence-electron chi connectivity index (χ2n) is 7.20. The van der Waals surface area contributed by atoms with Crippen molar-refractivity contribution in [3.05, 3.63) is 53.2 Å². The zero-order valence-corrected chi connectivity index (χ0v) is 16.4. The molecule has 0 aliphatic heterocycles. The summed E-state index contributed by atoms with van der Waals surface area (Å²) in [6.07, 6.45) is 1.12. The van der Waals surface area contributed by atoms with Crippen LogP contribution in [0, 0.1) is 28.6 Å². The molecule has 1 aliphatic rings. The minimum Gasteiger partial charge on any atom is -0.301 e. The molecule has 150 valence electrons. The number of aromatic nitrogens is 2. The molecule has 3 aromatic rings. The van der Waals surface area contributed by atoms with E-state index >= 15 is 0 Å². The van der Waals surface area contributed by atoms with E-state index in [0.717, 1.165) is 0 Å². The molecule has 4 rings (SSSR count). The lowest BCUT2D eigenvalue weighted by atomic mass is 9.83. The summed E-state index contributed by atoms with van der Waals surface area (Å²) >= 11 is 1.20. The lowest BCUT2D eigenvalue weighted by molar-refractivity contribution is -0.118. The van der Waals surface area contributed by atoms with Gasteiger partial charge < -0.3 is 5.32 Å². The van der Waals surface area contributed by atoms with E-state index in [-0.39, 0.29) is 24.0 Å². The Morgan fingerprint density at radius 1 is 1.27 bits per heavy atom. The van der Waals surface area contributed by atoms with Crippen LogP contribution >= 0.6 is 11.3 Å². The topological polar surface area (TPSA) is 102 Å². The number of rotatable bonds is 4. The molecule has 30 heavy (non-hydrogen) atoms. The Morgan fingerprint density at radius 3 is 2.73 bits per heavy atom. The first-order valence-corrected chi connectivity index (χ1v) is 10.1. The molecule has 0 spiro atoms. The Hall–Kier alpha value is -3.43. The Labute approximate surface area is 174 Å². The molecule has 0 saturated heterocycles. The summed E-state index contributed by atoms with van der Waals surface area (Å²) in [5, 5.41) is 21.5. The molecule has 2 aromatic heterocycles. The van der Waals surface area contributed by atoms with Crippen molar-refractivity contribution in [3.8, 4) is 12.1 Å². The quantitative estimate of drug-likeness (QED) is 0.661. The molecule has 1 aliphatic carbocycles. The van der Waals surface area contributed by atoms with E-state index in [4.69, 9.17) is 5.26 Å². The number of hydrogen-bond donors (Lipinski definition) is 1. The van der Waals surface area contributed by atoms with Crippen LogP contribution in [-0.2, 0) is 4.79 Å². The summed E-state index contributed by atoms with van der Waals surface area (Å²) in [6, 6.07) is 11.8. The third-order valence-corrected chi connectivity index (χ3v) is 6.13. The first kappa shape index (κ1) is 19.9. The van der Waals surface area contributed by atoms with E-state index in [1.165, 1.54) is 23.5 Å². The molecule has 1 amide bonds. The van der Waals surface area contributed by atoms with Gasteiger partial charge in [-0.05, 0) is 42.2 Å². The molecule has 1 fully saturated rings. The fraction of sp³-hybridized carbons (Fsp3) is 0.286. The zero-order chi connectivity index (χ0) is 21.3. The van der Waals surface area contributed by atoms with Gasteiger partial charge in [0, 0.05) is 19.0 Å². The summed E-state index contributed by atoms with van der Waals surface area (Å²) in [5.74, 6) is -4.77. The number of fused-ring (bicyclic) bond motifs is 1. The van der Waals surface area contributed by atoms with Crippen molar-refractivity contribution >= 4 is 32.7 Å². The Kier molecular flexibility index (Phi) is 5.15. The molecule has 1 aromatic carbocycles. The average molecular weight is 423 g/mol. The van der Waals surface area contributed by atoms with Crippen LogP contribution in [0.15, 0.2) is 36.5 Å². The number of halogens is 2. The molecular weight excluding hydrogens is 408 g/mol. The van der Waals surface area contributed by atoms with Gasteiger partial charge in [-0.3, -0.25) is 4.79 Å². The number of carbonyl (C=O) groups is 1. The number of anilines is 1. The van der Waals surface area contributed by atoms with Gasteiger partial charge in [0.25, 0.3) is 0 Å². The zero-order valence-electron chi connectivity index (χ0n) is 15.6. The molecule has 9 heteroatoms. The van der Waals surface area contributed by atoms with Crippen LogP contribution in [0.5, 0.6) is 0 Å². The van der Waals surface area contributed by atoms with Gasteiger partial charge in [0.05, 0.1) is 17.0 Å². The first-order chi connectivity index (χ1) is 14.4. The van der Waals surface area contributed by atoms with E-state index in [0.29, 0.717) is 21.0 Å². The van der Waals surface area contributed by atoms with E-state index in [9.17, 15) is 18.8 Å². The first-order valence-electron chi connectivity index (χ1n) is 9.24. The highest BCUT2D eigenvalue weighted by Crippen LogP contribution is 2.46. The minimum absolute atomic E-state index is 0.113. The van der Waals surface area contributed by atoms with Crippen molar-refractivity contribution in [2.75, 3.05) is 5.32 Å². The number of benzene rings is 1. The summed E-state index contributed by atoms with van der Waals surface area (Å²) in [4.78, 5) is 22.4. The third-order valence-electron chi connectivity index (χ3n) is 5.24. The van der Waals surface area contributed by atoms with Crippen LogP contribution in [0.1, 0.15) is 41.9 Å².